The molecule has 8 heteroatoms. The number of nitrogens with one attached hydrogen (secondary N) is 3. The Morgan fingerprint density at radius 3 is 2.93 bits per heavy atom. The third-order valence-corrected chi connectivity index (χ3v) is 4.46. The molecule has 0 saturated carbocycles. The summed E-state index contributed by atoms with van der Waals surface area (Å²) >= 11 is 0. The maximum Gasteiger partial charge on any atom is 0.211 e. The summed E-state index contributed by atoms with van der Waals surface area (Å²) in [5.41, 5.74) is 3.58. The molecule has 0 atom stereocenters. The summed E-state index contributed by atoms with van der Waals surface area (Å²) in [6.07, 6.45) is 13.4. The van der Waals surface area contributed by atoms with E-state index in [0.717, 1.165) is 51.3 Å². The number of rotatable bonds is 14. The number of likely N-dealkylation sites (N-methyl/N-ethyl adjacent to an activating group) is 1. The zero-order valence-electron chi connectivity index (χ0n) is 17.6. The average Bonchev–Trinajstić information content (AvgIpc) is 3.36. The Bertz CT molecular complexity index is 793. The van der Waals surface area contributed by atoms with Crippen LogP contribution in [-0.4, -0.2) is 64.8 Å². The SMILES string of the molecule is CC/C=C(\C=CCc1cnc(-c2[nH]ncc2NC=O)[nH]1)CCN(C)CCOCC. The van der Waals surface area contributed by atoms with Crippen molar-refractivity contribution in [3.8, 4) is 11.5 Å². The largest absolute Gasteiger partial charge is 0.380 e. The van der Waals surface area contributed by atoms with Gasteiger partial charge in [-0.25, -0.2) is 4.98 Å². The van der Waals surface area contributed by atoms with Gasteiger partial charge in [0.2, 0.25) is 6.41 Å². The average molecular weight is 401 g/mol. The molecule has 0 aliphatic rings. The maximum atomic E-state index is 10.7. The van der Waals surface area contributed by atoms with Gasteiger partial charge in [-0.1, -0.05) is 30.7 Å². The van der Waals surface area contributed by atoms with Crippen LogP contribution in [0.2, 0.25) is 0 Å². The lowest BCUT2D eigenvalue weighted by molar-refractivity contribution is -0.105. The zero-order chi connectivity index (χ0) is 20.9. The highest BCUT2D eigenvalue weighted by Gasteiger charge is 2.10. The van der Waals surface area contributed by atoms with Crippen molar-refractivity contribution in [1.29, 1.82) is 0 Å². The smallest absolute Gasteiger partial charge is 0.211 e. The molecular formula is C21H32N6O2. The first-order valence-corrected chi connectivity index (χ1v) is 10.1. The number of imidazole rings is 1. The first-order chi connectivity index (χ1) is 14.2. The Balaban J connectivity index is 1.88. The number of aromatic nitrogens is 4. The van der Waals surface area contributed by atoms with Gasteiger partial charge >= 0.3 is 0 Å². The van der Waals surface area contributed by atoms with Crippen molar-refractivity contribution in [3.63, 3.8) is 0 Å². The van der Waals surface area contributed by atoms with Gasteiger partial charge in [-0.15, -0.1) is 0 Å². The van der Waals surface area contributed by atoms with Gasteiger partial charge in [-0.3, -0.25) is 9.89 Å². The molecule has 3 N–H and O–H groups in total. The van der Waals surface area contributed by atoms with Crippen LogP contribution < -0.4 is 5.32 Å². The molecule has 0 aliphatic carbocycles. The summed E-state index contributed by atoms with van der Waals surface area (Å²) in [6.45, 7) is 7.67. The fraction of sp³-hybridized carbons (Fsp3) is 0.476. The second kappa shape index (κ2) is 12.7. The van der Waals surface area contributed by atoms with Gasteiger partial charge in [-0.05, 0) is 26.8 Å². The molecule has 0 fully saturated rings. The molecule has 8 nitrogen and oxygen atoms in total. The van der Waals surface area contributed by atoms with E-state index in [4.69, 9.17) is 4.74 Å². The minimum atomic E-state index is 0.595. The summed E-state index contributed by atoms with van der Waals surface area (Å²) in [4.78, 5) is 20.6. The van der Waals surface area contributed by atoms with E-state index >= 15 is 0 Å². The Morgan fingerprint density at radius 1 is 1.31 bits per heavy atom. The van der Waals surface area contributed by atoms with E-state index in [-0.39, 0.29) is 0 Å². The Hall–Kier alpha value is -2.71. The molecule has 0 spiro atoms. The third kappa shape index (κ3) is 7.67. The molecule has 29 heavy (non-hydrogen) atoms. The molecule has 0 saturated heterocycles. The second-order valence-electron chi connectivity index (χ2n) is 6.72. The van der Waals surface area contributed by atoms with Gasteiger partial charge < -0.3 is 19.9 Å². The van der Waals surface area contributed by atoms with Crippen molar-refractivity contribution in [1.82, 2.24) is 25.1 Å². The normalized spacial score (nSPS) is 12.2. The standard InChI is InChI=1S/C21H32N6O2/c1-4-7-17(10-11-27(3)12-13-29-5-2)8-6-9-18-14-22-21(25-18)20-19(23-16-28)15-24-26-20/h6-8,14-16H,4-5,9-13H2,1-3H3,(H,22,25)(H,23,28)(H,24,26)/b8-6?,17-7+. The van der Waals surface area contributed by atoms with E-state index < -0.39 is 0 Å². The topological polar surface area (TPSA) is 98.9 Å². The van der Waals surface area contributed by atoms with Crippen molar-refractivity contribution in [2.75, 3.05) is 38.7 Å². The van der Waals surface area contributed by atoms with Crippen LogP contribution in [0, 0.1) is 0 Å². The highest BCUT2D eigenvalue weighted by atomic mass is 16.5. The fourth-order valence-electron chi connectivity index (χ4n) is 2.88. The third-order valence-electron chi connectivity index (χ3n) is 4.46. The van der Waals surface area contributed by atoms with Crippen LogP contribution >= 0.6 is 0 Å². The quantitative estimate of drug-likeness (QED) is 0.257. The molecule has 158 valence electrons. The van der Waals surface area contributed by atoms with Gasteiger partial charge in [0, 0.05) is 38.0 Å². The summed E-state index contributed by atoms with van der Waals surface area (Å²) in [5, 5.41) is 9.41. The van der Waals surface area contributed by atoms with Gasteiger partial charge in [0.15, 0.2) is 5.82 Å². The summed E-state index contributed by atoms with van der Waals surface area (Å²) in [6, 6.07) is 0. The Kier molecular flexibility index (Phi) is 9.88. The highest BCUT2D eigenvalue weighted by Crippen LogP contribution is 2.22. The number of nitrogens with zero attached hydrogens (tertiary/aromatic N) is 3. The lowest BCUT2D eigenvalue weighted by atomic mass is 10.1. The number of ether oxygens (including phenoxy) is 1. The first-order valence-electron chi connectivity index (χ1n) is 10.1. The van der Waals surface area contributed by atoms with Crippen LogP contribution in [0.15, 0.2) is 36.2 Å². The number of hydrogen-bond donors (Lipinski definition) is 3. The summed E-state index contributed by atoms with van der Waals surface area (Å²) < 4.78 is 5.42. The molecule has 0 bridgehead atoms. The lowest BCUT2D eigenvalue weighted by Crippen LogP contribution is -2.24. The molecule has 2 aromatic heterocycles. The first kappa shape index (κ1) is 22.6. The number of aromatic amines is 2. The highest BCUT2D eigenvalue weighted by molar-refractivity contribution is 5.80. The van der Waals surface area contributed by atoms with Crippen LogP contribution in [0.1, 0.15) is 32.4 Å². The van der Waals surface area contributed by atoms with Crippen molar-refractivity contribution in [2.45, 2.75) is 33.1 Å². The van der Waals surface area contributed by atoms with Crippen molar-refractivity contribution >= 4 is 12.1 Å². The lowest BCUT2D eigenvalue weighted by Gasteiger charge is -2.16. The molecule has 2 aromatic rings. The Labute approximate surface area is 172 Å². The monoisotopic (exact) mass is 400 g/mol. The molecule has 2 rings (SSSR count). The van der Waals surface area contributed by atoms with Gasteiger partial charge in [-0.2, -0.15) is 5.10 Å². The number of H-pyrrole nitrogens is 2. The van der Waals surface area contributed by atoms with Gasteiger partial charge in [0.05, 0.1) is 18.5 Å². The number of amides is 1. The van der Waals surface area contributed by atoms with Crippen LogP contribution in [0.3, 0.4) is 0 Å². The van der Waals surface area contributed by atoms with E-state index in [1.165, 1.54) is 5.57 Å². The minimum Gasteiger partial charge on any atom is -0.380 e. The second-order valence-corrected chi connectivity index (χ2v) is 6.72. The maximum absolute atomic E-state index is 10.7. The summed E-state index contributed by atoms with van der Waals surface area (Å²) in [7, 11) is 2.13. The van der Waals surface area contributed by atoms with E-state index in [1.807, 2.05) is 6.92 Å². The molecule has 0 unspecified atom stereocenters. The van der Waals surface area contributed by atoms with Crippen molar-refractivity contribution < 1.29 is 9.53 Å². The molecule has 0 radical (unpaired) electrons. The van der Waals surface area contributed by atoms with Crippen LogP contribution in [-0.2, 0) is 16.0 Å². The van der Waals surface area contributed by atoms with Gasteiger partial charge in [0.1, 0.15) is 5.69 Å². The molecule has 0 aliphatic heterocycles. The van der Waals surface area contributed by atoms with E-state index in [9.17, 15) is 4.79 Å². The minimum absolute atomic E-state index is 0.595. The summed E-state index contributed by atoms with van der Waals surface area (Å²) in [5.74, 6) is 0.649. The Morgan fingerprint density at radius 2 is 2.17 bits per heavy atom. The number of allylic oxidation sites excluding steroid dienone is 3. The number of hydrogen-bond acceptors (Lipinski definition) is 5. The van der Waals surface area contributed by atoms with Crippen molar-refractivity contribution in [3.05, 3.63) is 41.9 Å². The van der Waals surface area contributed by atoms with Crippen LogP contribution in [0.5, 0.6) is 0 Å². The van der Waals surface area contributed by atoms with Gasteiger partial charge in [0.25, 0.3) is 0 Å². The molecule has 2 heterocycles. The van der Waals surface area contributed by atoms with E-state index in [2.05, 4.69) is 62.6 Å². The van der Waals surface area contributed by atoms with Crippen molar-refractivity contribution in [2.24, 2.45) is 0 Å². The van der Waals surface area contributed by atoms with E-state index in [0.29, 0.717) is 23.6 Å². The molecular weight excluding hydrogens is 368 g/mol. The number of anilines is 1. The van der Waals surface area contributed by atoms with E-state index in [1.54, 1.807) is 12.4 Å². The number of carbonyl (C=O) groups is 1. The fourth-order valence-corrected chi connectivity index (χ4v) is 2.88. The molecule has 0 aromatic carbocycles. The predicted octanol–water partition coefficient (Wildman–Crippen LogP) is 3.16. The zero-order valence-corrected chi connectivity index (χ0v) is 17.6. The van der Waals surface area contributed by atoms with Crippen LogP contribution in [0.25, 0.3) is 11.5 Å². The number of carbonyl (C=O) groups excluding carboxylic acids is 1. The molecule has 1 amide bonds. The van der Waals surface area contributed by atoms with Crippen LogP contribution in [0.4, 0.5) is 5.69 Å². The predicted molar refractivity (Wildman–Crippen MR) is 116 cm³/mol.